The van der Waals surface area contributed by atoms with E-state index in [1.807, 2.05) is 36.1 Å². The summed E-state index contributed by atoms with van der Waals surface area (Å²) in [4.78, 5) is 4.28. The smallest absolute Gasteiger partial charge is 0.416 e. The van der Waals surface area contributed by atoms with Crippen LogP contribution in [0.5, 0.6) is 5.75 Å². The Labute approximate surface area is 208 Å². The maximum atomic E-state index is 13.2. The largest absolute Gasteiger partial charge is 0.494 e. The van der Waals surface area contributed by atoms with Crippen molar-refractivity contribution in [3.8, 4) is 5.75 Å². The summed E-state index contributed by atoms with van der Waals surface area (Å²) in [6.45, 7) is 7.75. The molecule has 2 aromatic rings. The van der Waals surface area contributed by atoms with E-state index in [2.05, 4.69) is 10.2 Å². The molecule has 0 atom stereocenters. The van der Waals surface area contributed by atoms with Crippen molar-refractivity contribution < 1.29 is 22.6 Å². The van der Waals surface area contributed by atoms with Crippen LogP contribution in [0.4, 0.5) is 18.9 Å². The van der Waals surface area contributed by atoms with Gasteiger partial charge in [-0.3, -0.25) is 4.90 Å². The molecule has 3 rings (SSSR count). The van der Waals surface area contributed by atoms with Crippen LogP contribution in [0.25, 0.3) is 0 Å². The average Bonchev–Trinajstić information content (AvgIpc) is 2.81. The van der Waals surface area contributed by atoms with Crippen LogP contribution >= 0.6 is 23.8 Å². The number of hydrogen-bond acceptors (Lipinski definition) is 4. The molecule has 1 heterocycles. The summed E-state index contributed by atoms with van der Waals surface area (Å²) in [6, 6.07) is 10.9. The molecule has 10 heteroatoms. The van der Waals surface area contributed by atoms with Gasteiger partial charge in [-0.25, -0.2) is 0 Å². The molecule has 1 saturated heterocycles. The van der Waals surface area contributed by atoms with Crippen molar-refractivity contribution in [2.45, 2.75) is 26.1 Å². The number of halogens is 4. The molecular formula is C24H29ClF3N3O2S. The maximum Gasteiger partial charge on any atom is 0.416 e. The molecule has 1 N–H and O–H groups in total. The zero-order valence-corrected chi connectivity index (χ0v) is 20.6. The SMILES string of the molecule is CCOc1ccc(CN(CCCN2CCOCC2)C(=S)Nc2cc(C(F)(F)F)ccc2Cl)cc1. The fraction of sp³-hybridized carbons (Fsp3) is 0.458. The molecule has 2 aromatic carbocycles. The quantitative estimate of drug-likeness (QED) is 0.433. The van der Waals surface area contributed by atoms with E-state index < -0.39 is 11.7 Å². The molecule has 1 aliphatic heterocycles. The highest BCUT2D eigenvalue weighted by atomic mass is 35.5. The van der Waals surface area contributed by atoms with E-state index >= 15 is 0 Å². The monoisotopic (exact) mass is 515 g/mol. The van der Waals surface area contributed by atoms with Crippen LogP contribution in [-0.4, -0.2) is 60.9 Å². The Hall–Kier alpha value is -2.07. The second kappa shape index (κ2) is 12.6. The molecule has 0 radical (unpaired) electrons. The Kier molecular flexibility index (Phi) is 9.82. The van der Waals surface area contributed by atoms with Crippen molar-refractivity contribution >= 4 is 34.6 Å². The fourth-order valence-electron chi connectivity index (χ4n) is 3.63. The molecule has 0 saturated carbocycles. The van der Waals surface area contributed by atoms with Gasteiger partial charge in [0.05, 0.1) is 36.1 Å². The minimum Gasteiger partial charge on any atom is -0.494 e. The number of benzene rings is 2. The number of nitrogens with zero attached hydrogens (tertiary/aromatic N) is 2. The summed E-state index contributed by atoms with van der Waals surface area (Å²) in [5.41, 5.74) is 0.355. The molecule has 1 aliphatic rings. The van der Waals surface area contributed by atoms with Gasteiger partial charge >= 0.3 is 6.18 Å². The van der Waals surface area contributed by atoms with Gasteiger partial charge in [-0.2, -0.15) is 13.2 Å². The lowest BCUT2D eigenvalue weighted by atomic mass is 10.2. The van der Waals surface area contributed by atoms with E-state index in [9.17, 15) is 13.2 Å². The Morgan fingerprint density at radius 2 is 1.88 bits per heavy atom. The van der Waals surface area contributed by atoms with Gasteiger partial charge in [0.1, 0.15) is 5.75 Å². The van der Waals surface area contributed by atoms with Gasteiger partial charge in [0.15, 0.2) is 5.11 Å². The average molecular weight is 516 g/mol. The minimum absolute atomic E-state index is 0.131. The Morgan fingerprint density at radius 1 is 1.18 bits per heavy atom. The number of thiocarbonyl (C=S) groups is 1. The molecule has 0 spiro atoms. The highest BCUT2D eigenvalue weighted by Crippen LogP contribution is 2.34. The minimum atomic E-state index is -4.47. The van der Waals surface area contributed by atoms with Gasteiger partial charge in [-0.15, -0.1) is 0 Å². The predicted molar refractivity (Wildman–Crippen MR) is 133 cm³/mol. The van der Waals surface area contributed by atoms with E-state index in [-0.39, 0.29) is 10.7 Å². The number of morpholine rings is 1. The summed E-state index contributed by atoms with van der Waals surface area (Å²) in [5, 5.41) is 3.42. The maximum absolute atomic E-state index is 13.2. The van der Waals surface area contributed by atoms with Crippen LogP contribution in [0.3, 0.4) is 0 Å². The second-order valence-corrected chi connectivity index (χ2v) is 8.72. The molecule has 1 fully saturated rings. The third-order valence-corrected chi connectivity index (χ3v) is 6.13. The Morgan fingerprint density at radius 3 is 2.53 bits per heavy atom. The number of hydrogen-bond donors (Lipinski definition) is 1. The first-order valence-corrected chi connectivity index (χ1v) is 12.0. The lowest BCUT2D eigenvalue weighted by molar-refractivity contribution is -0.137. The highest BCUT2D eigenvalue weighted by Gasteiger charge is 2.31. The van der Waals surface area contributed by atoms with Crippen molar-refractivity contribution in [2.75, 3.05) is 51.3 Å². The van der Waals surface area contributed by atoms with Crippen LogP contribution in [0.2, 0.25) is 5.02 Å². The van der Waals surface area contributed by atoms with E-state index in [4.69, 9.17) is 33.3 Å². The van der Waals surface area contributed by atoms with Gasteiger partial charge < -0.3 is 19.7 Å². The molecule has 186 valence electrons. The number of nitrogens with one attached hydrogen (secondary N) is 1. The van der Waals surface area contributed by atoms with E-state index in [0.29, 0.717) is 24.8 Å². The third-order valence-electron chi connectivity index (χ3n) is 5.44. The zero-order valence-electron chi connectivity index (χ0n) is 19.0. The molecule has 5 nitrogen and oxygen atoms in total. The van der Waals surface area contributed by atoms with Crippen molar-refractivity contribution in [1.29, 1.82) is 0 Å². The first-order valence-electron chi connectivity index (χ1n) is 11.2. The summed E-state index contributed by atoms with van der Waals surface area (Å²) in [7, 11) is 0. The van der Waals surface area contributed by atoms with Crippen LogP contribution in [0.1, 0.15) is 24.5 Å². The van der Waals surface area contributed by atoms with E-state index in [1.54, 1.807) is 0 Å². The van der Waals surface area contributed by atoms with Gasteiger partial charge in [0, 0.05) is 32.7 Å². The first-order chi connectivity index (χ1) is 16.3. The summed E-state index contributed by atoms with van der Waals surface area (Å²) < 4.78 is 50.4. The van der Waals surface area contributed by atoms with Crippen molar-refractivity contribution in [1.82, 2.24) is 9.80 Å². The molecule has 0 unspecified atom stereocenters. The van der Waals surface area contributed by atoms with Gasteiger partial charge in [-0.1, -0.05) is 23.7 Å². The number of anilines is 1. The van der Waals surface area contributed by atoms with Crippen molar-refractivity contribution in [3.05, 3.63) is 58.6 Å². The number of ether oxygens (including phenoxy) is 2. The fourth-order valence-corrected chi connectivity index (χ4v) is 4.06. The van der Waals surface area contributed by atoms with E-state index in [0.717, 1.165) is 62.7 Å². The molecule has 0 bridgehead atoms. The zero-order chi connectivity index (χ0) is 24.6. The van der Waals surface area contributed by atoms with Gasteiger partial charge in [0.2, 0.25) is 0 Å². The van der Waals surface area contributed by atoms with Crippen LogP contribution in [0, 0.1) is 0 Å². The Bertz CT molecular complexity index is 938. The first kappa shape index (κ1) is 26.5. The normalized spacial score (nSPS) is 14.6. The van der Waals surface area contributed by atoms with Crippen LogP contribution in [0.15, 0.2) is 42.5 Å². The summed E-state index contributed by atoms with van der Waals surface area (Å²) >= 11 is 11.8. The van der Waals surface area contributed by atoms with Crippen molar-refractivity contribution in [3.63, 3.8) is 0 Å². The summed E-state index contributed by atoms with van der Waals surface area (Å²) in [6.07, 6.45) is -3.63. The molecule has 0 amide bonds. The number of rotatable bonds is 9. The predicted octanol–water partition coefficient (Wildman–Crippen LogP) is 5.68. The van der Waals surface area contributed by atoms with E-state index in [1.165, 1.54) is 6.07 Å². The van der Waals surface area contributed by atoms with Gasteiger partial charge in [-0.05, 0) is 61.5 Å². The van der Waals surface area contributed by atoms with Crippen LogP contribution < -0.4 is 10.1 Å². The summed E-state index contributed by atoms with van der Waals surface area (Å²) in [5.74, 6) is 0.779. The highest BCUT2D eigenvalue weighted by molar-refractivity contribution is 7.80. The number of alkyl halides is 3. The molecule has 0 aromatic heterocycles. The Balaban J connectivity index is 1.71. The topological polar surface area (TPSA) is 37.0 Å². The molecular weight excluding hydrogens is 487 g/mol. The second-order valence-electron chi connectivity index (χ2n) is 7.93. The van der Waals surface area contributed by atoms with Crippen LogP contribution in [-0.2, 0) is 17.5 Å². The molecule has 0 aliphatic carbocycles. The van der Waals surface area contributed by atoms with Crippen molar-refractivity contribution in [2.24, 2.45) is 0 Å². The third kappa shape index (κ3) is 8.01. The lowest BCUT2D eigenvalue weighted by Gasteiger charge is -2.30. The standard InChI is InChI=1S/C24H29ClF3N3O2S/c1-2-33-20-7-4-18(5-8-20)17-31(11-3-10-30-12-14-32-15-13-30)23(34)29-22-16-19(24(26,27)28)6-9-21(22)25/h4-9,16H,2-3,10-15,17H2,1H3,(H,29,34). The molecule has 34 heavy (non-hydrogen) atoms. The lowest BCUT2D eigenvalue weighted by Crippen LogP contribution is -2.40. The van der Waals surface area contributed by atoms with Gasteiger partial charge in [0.25, 0.3) is 0 Å².